The van der Waals surface area contributed by atoms with Gasteiger partial charge in [0.05, 0.1) is 24.8 Å². The van der Waals surface area contributed by atoms with Crippen LogP contribution in [-0.4, -0.2) is 17.9 Å². The van der Waals surface area contributed by atoms with E-state index >= 15 is 0 Å². The average molecular weight is 383 g/mol. The number of methoxy groups -OCH3 is 1. The zero-order chi connectivity index (χ0) is 20.5. The Morgan fingerprint density at radius 1 is 0.897 bits per heavy atom. The van der Waals surface area contributed by atoms with E-state index in [1.54, 1.807) is 7.11 Å². The molecule has 3 aromatic carbocycles. The maximum absolute atomic E-state index is 10.4. The van der Waals surface area contributed by atoms with Gasteiger partial charge in [0.25, 0.3) is 0 Å². The molecule has 0 aliphatic carbocycles. The molecular formula is C26H25NO2. The lowest BCUT2D eigenvalue weighted by molar-refractivity contribution is 0.169. The van der Waals surface area contributed by atoms with E-state index in [0.717, 1.165) is 22.4 Å². The Balaban J connectivity index is 1.68. The highest BCUT2D eigenvalue weighted by atomic mass is 16.5. The summed E-state index contributed by atoms with van der Waals surface area (Å²) in [4.78, 5) is 0. The lowest BCUT2D eigenvalue weighted by atomic mass is 9.87. The molecule has 0 aromatic heterocycles. The largest absolute Gasteiger partial charge is 0.497 e. The van der Waals surface area contributed by atoms with Crippen molar-refractivity contribution in [3.63, 3.8) is 0 Å². The first-order valence-electron chi connectivity index (χ1n) is 9.68. The molecule has 0 spiro atoms. The Hall–Kier alpha value is -3.35. The normalized spacial score (nSPS) is 11.4. The summed E-state index contributed by atoms with van der Waals surface area (Å²) in [5.74, 6) is 6.61. The van der Waals surface area contributed by atoms with Crippen molar-refractivity contribution in [3.05, 3.63) is 102 Å². The van der Waals surface area contributed by atoms with Gasteiger partial charge < -0.3 is 9.84 Å². The molecule has 3 nitrogen and oxygen atoms in total. The highest BCUT2D eigenvalue weighted by Gasteiger charge is 2.17. The van der Waals surface area contributed by atoms with Crippen LogP contribution in [0.1, 0.15) is 41.6 Å². The Morgan fingerprint density at radius 2 is 1.48 bits per heavy atom. The SMILES string of the molecule is COc1cccc(C(O)CCC#CC(=N)C(c2ccccc2)c2ccccc2)c1. The lowest BCUT2D eigenvalue weighted by Gasteiger charge is -2.16. The van der Waals surface area contributed by atoms with E-state index in [9.17, 15) is 5.11 Å². The molecule has 0 fully saturated rings. The van der Waals surface area contributed by atoms with E-state index < -0.39 is 6.10 Å². The fourth-order valence-corrected chi connectivity index (χ4v) is 3.27. The van der Waals surface area contributed by atoms with Gasteiger partial charge in [-0.1, -0.05) is 84.6 Å². The summed E-state index contributed by atoms with van der Waals surface area (Å²) in [6.45, 7) is 0. The Kier molecular flexibility index (Phi) is 7.22. The van der Waals surface area contributed by atoms with Gasteiger partial charge in [0.2, 0.25) is 0 Å². The van der Waals surface area contributed by atoms with Crippen LogP contribution in [-0.2, 0) is 0 Å². The first-order chi connectivity index (χ1) is 14.2. The topological polar surface area (TPSA) is 53.3 Å². The molecule has 2 N–H and O–H groups in total. The number of ether oxygens (including phenoxy) is 1. The van der Waals surface area contributed by atoms with E-state index in [-0.39, 0.29) is 5.92 Å². The minimum absolute atomic E-state index is 0.187. The summed E-state index contributed by atoms with van der Waals surface area (Å²) < 4.78 is 5.21. The van der Waals surface area contributed by atoms with Crippen LogP contribution in [0.2, 0.25) is 0 Å². The van der Waals surface area contributed by atoms with Crippen molar-refractivity contribution in [2.24, 2.45) is 0 Å². The summed E-state index contributed by atoms with van der Waals surface area (Å²) in [7, 11) is 1.61. The monoisotopic (exact) mass is 383 g/mol. The van der Waals surface area contributed by atoms with Crippen LogP contribution in [0.3, 0.4) is 0 Å². The van der Waals surface area contributed by atoms with Crippen LogP contribution < -0.4 is 4.74 Å². The summed E-state index contributed by atoms with van der Waals surface area (Å²) in [6.07, 6.45) is 0.416. The van der Waals surface area contributed by atoms with Gasteiger partial charge >= 0.3 is 0 Å². The third kappa shape index (κ3) is 5.57. The van der Waals surface area contributed by atoms with Gasteiger partial charge in [-0.3, -0.25) is 5.41 Å². The van der Waals surface area contributed by atoms with Crippen LogP contribution in [0.4, 0.5) is 0 Å². The highest BCUT2D eigenvalue weighted by Crippen LogP contribution is 2.26. The molecule has 1 unspecified atom stereocenters. The summed E-state index contributed by atoms with van der Waals surface area (Å²) in [5.41, 5.74) is 3.27. The number of benzene rings is 3. The first kappa shape index (κ1) is 20.4. The molecule has 3 aromatic rings. The van der Waals surface area contributed by atoms with Gasteiger partial charge in [-0.05, 0) is 35.2 Å². The minimum atomic E-state index is -0.604. The predicted octanol–water partition coefficient (Wildman–Crippen LogP) is 5.36. The highest BCUT2D eigenvalue weighted by molar-refractivity contribution is 6.04. The third-order valence-corrected chi connectivity index (χ3v) is 4.80. The van der Waals surface area contributed by atoms with E-state index in [0.29, 0.717) is 18.6 Å². The molecule has 0 bridgehead atoms. The lowest BCUT2D eigenvalue weighted by Crippen LogP contribution is -2.11. The van der Waals surface area contributed by atoms with Crippen molar-refractivity contribution in [1.29, 1.82) is 5.41 Å². The molecule has 0 saturated carbocycles. The second-order valence-corrected chi connectivity index (χ2v) is 6.80. The molecule has 3 heteroatoms. The number of aliphatic hydroxyl groups is 1. The molecule has 0 saturated heterocycles. The molecule has 3 rings (SSSR count). The Bertz CT molecular complexity index is 948. The Labute approximate surface area is 172 Å². The van der Waals surface area contributed by atoms with Gasteiger partial charge in [0, 0.05) is 6.42 Å². The van der Waals surface area contributed by atoms with Gasteiger partial charge in [-0.2, -0.15) is 0 Å². The zero-order valence-electron chi connectivity index (χ0n) is 16.5. The van der Waals surface area contributed by atoms with Crippen molar-refractivity contribution in [3.8, 4) is 17.6 Å². The maximum Gasteiger partial charge on any atom is 0.119 e. The minimum Gasteiger partial charge on any atom is -0.497 e. The summed E-state index contributed by atoms with van der Waals surface area (Å²) >= 11 is 0. The molecular weight excluding hydrogens is 358 g/mol. The molecule has 146 valence electrons. The van der Waals surface area contributed by atoms with E-state index in [1.165, 1.54) is 0 Å². The number of aliphatic hydroxyl groups excluding tert-OH is 1. The average Bonchev–Trinajstić information content (AvgIpc) is 2.78. The van der Waals surface area contributed by atoms with E-state index in [2.05, 4.69) is 11.8 Å². The van der Waals surface area contributed by atoms with Crippen LogP contribution in [0.15, 0.2) is 84.9 Å². The van der Waals surface area contributed by atoms with E-state index in [1.807, 2.05) is 84.9 Å². The third-order valence-electron chi connectivity index (χ3n) is 4.80. The standard InChI is InChI=1S/C26H25NO2/c1-29-23-16-10-15-22(19-23)25(28)18-9-8-17-24(27)26(20-11-4-2-5-12-20)21-13-6-3-7-14-21/h2-7,10-16,19,25-28H,9,18H2,1H3. The first-order valence-corrected chi connectivity index (χ1v) is 9.68. The number of rotatable bonds is 7. The number of nitrogens with one attached hydrogen (secondary N) is 1. The predicted molar refractivity (Wildman–Crippen MR) is 117 cm³/mol. The van der Waals surface area contributed by atoms with Crippen molar-refractivity contribution in [1.82, 2.24) is 0 Å². The van der Waals surface area contributed by atoms with Gasteiger partial charge in [0.1, 0.15) is 5.75 Å². The van der Waals surface area contributed by atoms with Crippen molar-refractivity contribution < 1.29 is 9.84 Å². The number of hydrogen-bond acceptors (Lipinski definition) is 3. The van der Waals surface area contributed by atoms with Gasteiger partial charge in [-0.25, -0.2) is 0 Å². The van der Waals surface area contributed by atoms with Crippen LogP contribution in [0, 0.1) is 17.3 Å². The molecule has 1 atom stereocenters. The molecule has 0 radical (unpaired) electrons. The maximum atomic E-state index is 10.4. The summed E-state index contributed by atoms with van der Waals surface area (Å²) in [5, 5.41) is 19.0. The molecule has 0 aliphatic rings. The fourth-order valence-electron chi connectivity index (χ4n) is 3.27. The molecule has 29 heavy (non-hydrogen) atoms. The quantitative estimate of drug-likeness (QED) is 0.426. The van der Waals surface area contributed by atoms with Gasteiger partial charge in [0.15, 0.2) is 0 Å². The Morgan fingerprint density at radius 3 is 2.07 bits per heavy atom. The molecule has 0 amide bonds. The van der Waals surface area contributed by atoms with Crippen molar-refractivity contribution in [2.75, 3.05) is 7.11 Å². The second-order valence-electron chi connectivity index (χ2n) is 6.80. The van der Waals surface area contributed by atoms with Crippen molar-refractivity contribution in [2.45, 2.75) is 24.9 Å². The fraction of sp³-hybridized carbons (Fsp3) is 0.192. The van der Waals surface area contributed by atoms with E-state index in [4.69, 9.17) is 10.1 Å². The smallest absolute Gasteiger partial charge is 0.119 e. The number of hydrogen-bond donors (Lipinski definition) is 2. The van der Waals surface area contributed by atoms with Crippen LogP contribution >= 0.6 is 0 Å². The summed E-state index contributed by atoms with van der Waals surface area (Å²) in [6, 6.07) is 27.4. The van der Waals surface area contributed by atoms with Gasteiger partial charge in [-0.15, -0.1) is 0 Å². The van der Waals surface area contributed by atoms with Crippen molar-refractivity contribution >= 4 is 5.71 Å². The van der Waals surface area contributed by atoms with Crippen LogP contribution in [0.25, 0.3) is 0 Å². The molecule has 0 heterocycles. The molecule has 0 aliphatic heterocycles. The van der Waals surface area contributed by atoms with Crippen LogP contribution in [0.5, 0.6) is 5.75 Å². The second kappa shape index (κ2) is 10.3. The zero-order valence-corrected chi connectivity index (χ0v) is 16.5.